The van der Waals surface area contributed by atoms with Crippen LogP contribution < -0.4 is 0 Å². The van der Waals surface area contributed by atoms with Crippen molar-refractivity contribution < 1.29 is 4.79 Å². The van der Waals surface area contributed by atoms with E-state index in [9.17, 15) is 4.79 Å². The second-order valence-electron chi connectivity index (χ2n) is 2.84. The quantitative estimate of drug-likeness (QED) is 0.518. The Morgan fingerprint density at radius 3 is 2.67 bits per heavy atom. The van der Waals surface area contributed by atoms with Crippen LogP contribution in [0.1, 0.15) is 29.3 Å². The maximum absolute atomic E-state index is 11.3. The van der Waals surface area contributed by atoms with Crippen LogP contribution >= 0.6 is 11.3 Å². The first kappa shape index (κ1) is 9.13. The Morgan fingerprint density at radius 1 is 1.58 bits per heavy atom. The SMILES string of the molecule is CC(C)=CC(=O)c1csc(C)n1. The van der Waals surface area contributed by atoms with Gasteiger partial charge in [-0.2, -0.15) is 0 Å². The van der Waals surface area contributed by atoms with E-state index >= 15 is 0 Å². The highest BCUT2D eigenvalue weighted by Crippen LogP contribution is 2.09. The van der Waals surface area contributed by atoms with Crippen LogP contribution in [-0.4, -0.2) is 10.8 Å². The average molecular weight is 181 g/mol. The van der Waals surface area contributed by atoms with Crippen LogP contribution in [0.3, 0.4) is 0 Å². The molecule has 0 amide bonds. The first-order valence-corrected chi connectivity index (χ1v) is 4.59. The lowest BCUT2D eigenvalue weighted by molar-refractivity contribution is 0.104. The van der Waals surface area contributed by atoms with Gasteiger partial charge < -0.3 is 0 Å². The second-order valence-corrected chi connectivity index (χ2v) is 3.90. The van der Waals surface area contributed by atoms with Gasteiger partial charge in [0.2, 0.25) is 5.78 Å². The smallest absolute Gasteiger partial charge is 0.204 e. The highest BCUT2D eigenvalue weighted by molar-refractivity contribution is 7.09. The number of rotatable bonds is 2. The van der Waals surface area contributed by atoms with Crippen LogP contribution in [0.2, 0.25) is 0 Å². The molecule has 0 aromatic carbocycles. The highest BCUT2D eigenvalue weighted by Gasteiger charge is 2.05. The molecule has 2 nitrogen and oxygen atoms in total. The Morgan fingerprint density at radius 2 is 2.25 bits per heavy atom. The van der Waals surface area contributed by atoms with E-state index in [1.54, 1.807) is 11.5 Å². The third kappa shape index (κ3) is 2.27. The molecular weight excluding hydrogens is 170 g/mol. The summed E-state index contributed by atoms with van der Waals surface area (Å²) in [7, 11) is 0. The van der Waals surface area contributed by atoms with E-state index in [1.165, 1.54) is 11.3 Å². The van der Waals surface area contributed by atoms with Gasteiger partial charge in [-0.3, -0.25) is 4.79 Å². The maximum atomic E-state index is 11.3. The lowest BCUT2D eigenvalue weighted by atomic mass is 10.2. The van der Waals surface area contributed by atoms with Crippen LogP contribution in [0.15, 0.2) is 17.0 Å². The van der Waals surface area contributed by atoms with Crippen molar-refractivity contribution in [2.24, 2.45) is 0 Å². The number of carbonyl (C=O) groups is 1. The Kier molecular flexibility index (Phi) is 2.76. The topological polar surface area (TPSA) is 30.0 Å². The molecule has 0 unspecified atom stereocenters. The van der Waals surface area contributed by atoms with Crippen molar-refractivity contribution in [3.8, 4) is 0 Å². The van der Waals surface area contributed by atoms with E-state index in [0.29, 0.717) is 5.69 Å². The molecule has 1 aromatic heterocycles. The molecule has 1 rings (SSSR count). The number of hydrogen-bond acceptors (Lipinski definition) is 3. The van der Waals surface area contributed by atoms with Gasteiger partial charge in [0.15, 0.2) is 0 Å². The van der Waals surface area contributed by atoms with Crippen molar-refractivity contribution in [1.82, 2.24) is 4.98 Å². The van der Waals surface area contributed by atoms with Gasteiger partial charge >= 0.3 is 0 Å². The zero-order chi connectivity index (χ0) is 9.14. The van der Waals surface area contributed by atoms with Gasteiger partial charge in [0.05, 0.1) is 5.01 Å². The number of carbonyl (C=O) groups excluding carboxylic acids is 1. The second kappa shape index (κ2) is 3.63. The summed E-state index contributed by atoms with van der Waals surface area (Å²) < 4.78 is 0. The fourth-order valence-corrected chi connectivity index (χ4v) is 1.41. The van der Waals surface area contributed by atoms with Gasteiger partial charge in [-0.25, -0.2) is 4.98 Å². The van der Waals surface area contributed by atoms with Crippen LogP contribution in [0.5, 0.6) is 0 Å². The Labute approximate surface area is 76.0 Å². The summed E-state index contributed by atoms with van der Waals surface area (Å²) in [5, 5.41) is 2.72. The molecule has 64 valence electrons. The van der Waals surface area contributed by atoms with Crippen molar-refractivity contribution in [3.63, 3.8) is 0 Å². The van der Waals surface area contributed by atoms with E-state index in [2.05, 4.69) is 4.98 Å². The van der Waals surface area contributed by atoms with Crippen molar-refractivity contribution in [1.29, 1.82) is 0 Å². The number of nitrogens with zero attached hydrogens (tertiary/aromatic N) is 1. The molecule has 0 atom stereocenters. The number of hydrogen-bond donors (Lipinski definition) is 0. The Hall–Kier alpha value is -0.960. The molecule has 0 saturated heterocycles. The zero-order valence-electron chi connectivity index (χ0n) is 7.42. The standard InChI is InChI=1S/C9H11NOS/c1-6(2)4-9(11)8-5-12-7(3)10-8/h4-5H,1-3H3. The number of aryl methyl sites for hydroxylation is 1. The predicted molar refractivity (Wildman–Crippen MR) is 50.6 cm³/mol. The summed E-state index contributed by atoms with van der Waals surface area (Å²) in [5.74, 6) is -0.000602. The zero-order valence-corrected chi connectivity index (χ0v) is 8.23. The molecule has 0 N–H and O–H groups in total. The third-order valence-corrected chi connectivity index (χ3v) is 2.06. The summed E-state index contributed by atoms with van der Waals surface area (Å²) in [4.78, 5) is 15.4. The molecule has 0 radical (unpaired) electrons. The number of thiazole rings is 1. The van der Waals surface area contributed by atoms with Crippen molar-refractivity contribution in [3.05, 3.63) is 27.7 Å². The summed E-state index contributed by atoms with van der Waals surface area (Å²) in [5.41, 5.74) is 1.56. The van der Waals surface area contributed by atoms with Gasteiger partial charge in [-0.15, -0.1) is 11.3 Å². The van der Waals surface area contributed by atoms with Gasteiger partial charge in [0.25, 0.3) is 0 Å². The van der Waals surface area contributed by atoms with Crippen LogP contribution in [-0.2, 0) is 0 Å². The van der Waals surface area contributed by atoms with Gasteiger partial charge in [-0.05, 0) is 26.8 Å². The van der Waals surface area contributed by atoms with Crippen LogP contribution in [0, 0.1) is 6.92 Å². The number of aromatic nitrogens is 1. The maximum Gasteiger partial charge on any atom is 0.204 e. The van der Waals surface area contributed by atoms with E-state index in [1.807, 2.05) is 20.8 Å². The summed E-state index contributed by atoms with van der Waals surface area (Å²) in [6, 6.07) is 0. The number of ketones is 1. The van der Waals surface area contributed by atoms with Crippen LogP contribution in [0.4, 0.5) is 0 Å². The molecule has 0 aliphatic heterocycles. The lowest BCUT2D eigenvalue weighted by Gasteiger charge is -1.88. The molecule has 0 bridgehead atoms. The largest absolute Gasteiger partial charge is 0.288 e. The normalized spacial score (nSPS) is 9.58. The minimum Gasteiger partial charge on any atom is -0.288 e. The minimum atomic E-state index is -0.000602. The Bertz CT molecular complexity index is 321. The molecular formula is C9H11NOS. The van der Waals surface area contributed by atoms with E-state index < -0.39 is 0 Å². The molecule has 0 aliphatic rings. The first-order valence-electron chi connectivity index (χ1n) is 3.71. The predicted octanol–water partition coefficient (Wildman–Crippen LogP) is 2.60. The van der Waals surface area contributed by atoms with Crippen molar-refractivity contribution in [2.75, 3.05) is 0 Å². The fraction of sp³-hybridized carbons (Fsp3) is 0.333. The monoisotopic (exact) mass is 181 g/mol. The van der Waals surface area contributed by atoms with E-state index in [-0.39, 0.29) is 5.78 Å². The van der Waals surface area contributed by atoms with Gasteiger partial charge in [0.1, 0.15) is 5.69 Å². The van der Waals surface area contributed by atoms with Crippen molar-refractivity contribution in [2.45, 2.75) is 20.8 Å². The Balaban J connectivity index is 2.86. The molecule has 0 fully saturated rings. The molecule has 0 aliphatic carbocycles. The van der Waals surface area contributed by atoms with Crippen molar-refractivity contribution >= 4 is 17.1 Å². The molecule has 1 heterocycles. The molecule has 1 aromatic rings. The average Bonchev–Trinajstić information content (AvgIpc) is 2.34. The minimum absolute atomic E-state index is 0.000602. The summed E-state index contributed by atoms with van der Waals surface area (Å²) in [6.45, 7) is 5.69. The summed E-state index contributed by atoms with van der Waals surface area (Å²) >= 11 is 1.50. The van der Waals surface area contributed by atoms with Gasteiger partial charge in [-0.1, -0.05) is 5.57 Å². The van der Waals surface area contributed by atoms with E-state index in [4.69, 9.17) is 0 Å². The number of allylic oxidation sites excluding steroid dienone is 2. The third-order valence-electron chi connectivity index (χ3n) is 1.29. The fourth-order valence-electron chi connectivity index (χ4n) is 0.813. The summed E-state index contributed by atoms with van der Waals surface area (Å²) in [6.07, 6.45) is 1.61. The molecule has 0 saturated carbocycles. The highest BCUT2D eigenvalue weighted by atomic mass is 32.1. The molecule has 3 heteroatoms. The lowest BCUT2D eigenvalue weighted by Crippen LogP contribution is -1.95. The molecule has 0 spiro atoms. The first-order chi connectivity index (χ1) is 5.59. The van der Waals surface area contributed by atoms with E-state index in [0.717, 1.165) is 10.6 Å². The van der Waals surface area contributed by atoms with Gasteiger partial charge in [0, 0.05) is 5.38 Å². The van der Waals surface area contributed by atoms with Crippen LogP contribution in [0.25, 0.3) is 0 Å². The molecule has 12 heavy (non-hydrogen) atoms.